The summed E-state index contributed by atoms with van der Waals surface area (Å²) in [5.41, 5.74) is 0. The van der Waals surface area contributed by atoms with E-state index >= 15 is 0 Å². The highest BCUT2D eigenvalue weighted by Crippen LogP contribution is 2.27. The third-order valence-electron chi connectivity index (χ3n) is 4.22. The predicted molar refractivity (Wildman–Crippen MR) is 85.8 cm³/mol. The van der Waals surface area contributed by atoms with Crippen molar-refractivity contribution in [1.82, 2.24) is 30.3 Å². The third kappa shape index (κ3) is 5.02. The van der Waals surface area contributed by atoms with Gasteiger partial charge < -0.3 is 15.1 Å². The normalized spacial score (nSPS) is 20.7. The zero-order valence-electron chi connectivity index (χ0n) is 14.1. The van der Waals surface area contributed by atoms with Crippen LogP contribution in [0.3, 0.4) is 0 Å². The van der Waals surface area contributed by atoms with Crippen LogP contribution >= 0.6 is 0 Å². The molecule has 2 amide bonds. The predicted octanol–water partition coefficient (Wildman–Crippen LogP) is 0.113. The lowest BCUT2D eigenvalue weighted by Gasteiger charge is -2.22. The number of carbonyl (C=O) groups is 2. The van der Waals surface area contributed by atoms with Crippen molar-refractivity contribution in [2.75, 3.05) is 34.2 Å². The van der Waals surface area contributed by atoms with Crippen LogP contribution < -0.4 is 5.32 Å². The highest BCUT2D eigenvalue weighted by molar-refractivity contribution is 5.90. The molecule has 0 saturated heterocycles. The van der Waals surface area contributed by atoms with Crippen LogP contribution in [0.1, 0.15) is 36.3 Å². The molecule has 0 spiro atoms. The molecule has 0 radical (unpaired) electrons. The summed E-state index contributed by atoms with van der Waals surface area (Å²) in [6.45, 7) is 1.74. The summed E-state index contributed by atoms with van der Waals surface area (Å²) in [5.74, 6) is 0.125. The van der Waals surface area contributed by atoms with Crippen molar-refractivity contribution in [3.63, 3.8) is 0 Å². The van der Waals surface area contributed by atoms with E-state index in [1.54, 1.807) is 0 Å². The van der Waals surface area contributed by atoms with Crippen LogP contribution in [-0.4, -0.2) is 77.1 Å². The monoisotopic (exact) mass is 322 g/mol. The minimum absolute atomic E-state index is 0.000572. The van der Waals surface area contributed by atoms with Crippen LogP contribution in [-0.2, 0) is 4.79 Å². The Kier molecular flexibility index (Phi) is 6.09. The lowest BCUT2D eigenvalue weighted by Crippen LogP contribution is -2.36. The summed E-state index contributed by atoms with van der Waals surface area (Å²) in [5, 5.41) is 9.12. The molecule has 2 rings (SSSR count). The van der Waals surface area contributed by atoms with Crippen LogP contribution in [0.5, 0.6) is 0 Å². The molecule has 0 aromatic carbocycles. The van der Waals surface area contributed by atoms with Gasteiger partial charge in [0.1, 0.15) is 6.33 Å². The molecule has 0 bridgehead atoms. The van der Waals surface area contributed by atoms with Crippen LogP contribution in [0.2, 0.25) is 0 Å². The van der Waals surface area contributed by atoms with Crippen molar-refractivity contribution in [3.8, 4) is 0 Å². The summed E-state index contributed by atoms with van der Waals surface area (Å²) in [4.78, 5) is 32.1. The number of hydrogen-bond donors (Lipinski definition) is 2. The fraction of sp³-hybridized carbons (Fsp3) is 0.733. The Morgan fingerprint density at radius 3 is 2.74 bits per heavy atom. The number of hydrogen-bond acceptors (Lipinski definition) is 5. The molecule has 2 atom stereocenters. The molecule has 1 aromatic heterocycles. The van der Waals surface area contributed by atoms with E-state index in [4.69, 9.17) is 0 Å². The Hall–Kier alpha value is -1.96. The Balaban J connectivity index is 1.75. The minimum atomic E-state index is -0.264. The van der Waals surface area contributed by atoms with Gasteiger partial charge >= 0.3 is 0 Å². The van der Waals surface area contributed by atoms with Crippen LogP contribution in [0.4, 0.5) is 0 Å². The van der Waals surface area contributed by atoms with E-state index < -0.39 is 0 Å². The molecule has 0 unspecified atom stereocenters. The molecule has 1 heterocycles. The summed E-state index contributed by atoms with van der Waals surface area (Å²) in [6.07, 6.45) is 4.60. The lowest BCUT2D eigenvalue weighted by molar-refractivity contribution is -0.134. The maximum atomic E-state index is 12.5. The Morgan fingerprint density at radius 1 is 1.30 bits per heavy atom. The fourth-order valence-corrected chi connectivity index (χ4v) is 2.95. The molecule has 2 N–H and O–H groups in total. The smallest absolute Gasteiger partial charge is 0.288 e. The average molecular weight is 322 g/mol. The topological polar surface area (TPSA) is 94.2 Å². The molecule has 1 saturated carbocycles. The fourth-order valence-electron chi connectivity index (χ4n) is 2.95. The van der Waals surface area contributed by atoms with E-state index in [0.717, 1.165) is 32.4 Å². The van der Waals surface area contributed by atoms with Gasteiger partial charge in [0, 0.05) is 25.6 Å². The van der Waals surface area contributed by atoms with Gasteiger partial charge in [-0.3, -0.25) is 14.7 Å². The molecule has 1 aromatic rings. The first-order valence-electron chi connectivity index (χ1n) is 8.03. The van der Waals surface area contributed by atoms with Crippen molar-refractivity contribution in [1.29, 1.82) is 0 Å². The Morgan fingerprint density at radius 2 is 2.09 bits per heavy atom. The number of rotatable bonds is 7. The van der Waals surface area contributed by atoms with Crippen molar-refractivity contribution in [2.45, 2.75) is 31.7 Å². The van der Waals surface area contributed by atoms with Crippen LogP contribution in [0.15, 0.2) is 6.33 Å². The number of amides is 2. The van der Waals surface area contributed by atoms with Gasteiger partial charge in [0.05, 0.1) is 0 Å². The number of H-pyrrole nitrogens is 1. The maximum absolute atomic E-state index is 12.5. The first kappa shape index (κ1) is 17.4. The van der Waals surface area contributed by atoms with E-state index in [1.807, 2.05) is 26.0 Å². The summed E-state index contributed by atoms with van der Waals surface area (Å²) < 4.78 is 0. The van der Waals surface area contributed by atoms with E-state index in [9.17, 15) is 9.59 Å². The van der Waals surface area contributed by atoms with Gasteiger partial charge in [-0.2, -0.15) is 5.10 Å². The second-order valence-electron chi connectivity index (χ2n) is 6.43. The molecule has 128 valence electrons. The summed E-state index contributed by atoms with van der Waals surface area (Å²) in [6, 6.07) is 0.0247. The van der Waals surface area contributed by atoms with Gasteiger partial charge in [-0.1, -0.05) is 0 Å². The molecule has 0 aliphatic heterocycles. The molecule has 1 aliphatic rings. The van der Waals surface area contributed by atoms with E-state index in [2.05, 4.69) is 25.4 Å². The van der Waals surface area contributed by atoms with Crippen molar-refractivity contribution in [2.24, 2.45) is 5.92 Å². The molecular formula is C15H26N6O2. The Bertz CT molecular complexity index is 516. The number of aromatic nitrogens is 3. The van der Waals surface area contributed by atoms with Crippen molar-refractivity contribution < 1.29 is 9.59 Å². The summed E-state index contributed by atoms with van der Waals surface area (Å²) >= 11 is 0. The maximum Gasteiger partial charge on any atom is 0.288 e. The highest BCUT2D eigenvalue weighted by Gasteiger charge is 2.32. The van der Waals surface area contributed by atoms with E-state index in [0.29, 0.717) is 6.42 Å². The van der Waals surface area contributed by atoms with Crippen LogP contribution in [0, 0.1) is 5.92 Å². The van der Waals surface area contributed by atoms with Gasteiger partial charge in [-0.15, -0.1) is 0 Å². The summed E-state index contributed by atoms with van der Waals surface area (Å²) in [7, 11) is 5.92. The second kappa shape index (κ2) is 8.05. The van der Waals surface area contributed by atoms with Gasteiger partial charge in [-0.05, 0) is 46.3 Å². The molecule has 8 nitrogen and oxygen atoms in total. The zero-order chi connectivity index (χ0) is 16.8. The molecular weight excluding hydrogens is 296 g/mol. The molecule has 1 aliphatic carbocycles. The molecule has 23 heavy (non-hydrogen) atoms. The number of aromatic amines is 1. The average Bonchev–Trinajstić information content (AvgIpc) is 3.17. The van der Waals surface area contributed by atoms with Crippen LogP contribution in [0.25, 0.3) is 0 Å². The highest BCUT2D eigenvalue weighted by atomic mass is 16.2. The van der Waals surface area contributed by atoms with Crippen molar-refractivity contribution in [3.05, 3.63) is 12.2 Å². The second-order valence-corrected chi connectivity index (χ2v) is 6.43. The van der Waals surface area contributed by atoms with E-state index in [-0.39, 0.29) is 29.6 Å². The first-order chi connectivity index (χ1) is 11.0. The third-order valence-corrected chi connectivity index (χ3v) is 4.22. The number of carbonyl (C=O) groups excluding carboxylic acids is 2. The van der Waals surface area contributed by atoms with Gasteiger partial charge in [-0.25, -0.2) is 4.98 Å². The minimum Gasteiger partial charge on any atom is -0.347 e. The SMILES string of the molecule is CN(C)CCCN(C)C(=O)[C@H]1CC[C@@H](NC(=O)c2ncn[nH]2)C1. The molecule has 8 heteroatoms. The van der Waals surface area contributed by atoms with Gasteiger partial charge in [0.15, 0.2) is 0 Å². The lowest BCUT2D eigenvalue weighted by atomic mass is 10.1. The van der Waals surface area contributed by atoms with E-state index in [1.165, 1.54) is 6.33 Å². The molecule has 1 fully saturated rings. The quantitative estimate of drug-likeness (QED) is 0.743. The zero-order valence-corrected chi connectivity index (χ0v) is 14.1. The number of nitrogens with one attached hydrogen (secondary N) is 2. The van der Waals surface area contributed by atoms with Gasteiger partial charge in [0.25, 0.3) is 5.91 Å². The first-order valence-corrected chi connectivity index (χ1v) is 8.03. The largest absolute Gasteiger partial charge is 0.347 e. The van der Waals surface area contributed by atoms with Crippen molar-refractivity contribution >= 4 is 11.8 Å². The van der Waals surface area contributed by atoms with Gasteiger partial charge in [0.2, 0.25) is 11.7 Å². The Labute approximate surface area is 136 Å². The number of nitrogens with zero attached hydrogens (tertiary/aromatic N) is 4. The standard InChI is InChI=1S/C15H26N6O2/c1-20(2)7-4-8-21(3)15(23)11-5-6-12(9-11)18-14(22)13-16-10-17-19-13/h10-12H,4-9H2,1-3H3,(H,18,22)(H,16,17,19)/t11-,12+/m0/s1.